The first-order valence-electron chi connectivity index (χ1n) is 5.53. The normalized spacial score (nSPS) is 18.6. The number of hydrogen-bond acceptors (Lipinski definition) is 3. The second-order valence-electron chi connectivity index (χ2n) is 3.99. The summed E-state index contributed by atoms with van der Waals surface area (Å²) in [6.45, 7) is 0.555. The highest BCUT2D eigenvalue weighted by Crippen LogP contribution is 2.22. The molecule has 1 aliphatic rings. The van der Waals surface area contributed by atoms with E-state index in [0.29, 0.717) is 18.1 Å². The van der Waals surface area contributed by atoms with Gasteiger partial charge in [0.1, 0.15) is 6.10 Å². The summed E-state index contributed by atoms with van der Waals surface area (Å²) in [5, 5.41) is 11.9. The number of nitrogens with one attached hydrogen (secondary N) is 1. The number of benzene rings is 1. The molecule has 0 bridgehead atoms. The van der Waals surface area contributed by atoms with E-state index in [-0.39, 0.29) is 17.2 Å². The minimum Gasteiger partial charge on any atom is -0.478 e. The molecule has 2 rings (SSSR count). The lowest BCUT2D eigenvalue weighted by Gasteiger charge is -2.12. The van der Waals surface area contributed by atoms with Gasteiger partial charge in [-0.1, -0.05) is 11.6 Å². The number of carbonyl (C=O) groups excluding carboxylic acids is 1. The molecule has 0 unspecified atom stereocenters. The number of rotatable bonds is 3. The van der Waals surface area contributed by atoms with Crippen LogP contribution in [0.25, 0.3) is 0 Å². The van der Waals surface area contributed by atoms with Gasteiger partial charge in [-0.15, -0.1) is 0 Å². The summed E-state index contributed by atoms with van der Waals surface area (Å²) in [5.74, 6) is -1.45. The molecule has 96 valence electrons. The Labute approximate surface area is 109 Å². The van der Waals surface area contributed by atoms with E-state index in [1.165, 1.54) is 18.2 Å². The Morgan fingerprint density at radius 2 is 2.22 bits per heavy atom. The smallest absolute Gasteiger partial charge is 0.337 e. The van der Waals surface area contributed by atoms with Crippen molar-refractivity contribution in [3.05, 3.63) is 28.8 Å². The second kappa shape index (κ2) is 5.37. The van der Waals surface area contributed by atoms with Gasteiger partial charge in [-0.25, -0.2) is 4.79 Å². The highest BCUT2D eigenvalue weighted by Gasteiger charge is 2.24. The van der Waals surface area contributed by atoms with Crippen LogP contribution in [0.3, 0.4) is 0 Å². The Morgan fingerprint density at radius 1 is 1.44 bits per heavy atom. The van der Waals surface area contributed by atoms with Gasteiger partial charge in [0.25, 0.3) is 5.91 Å². The van der Waals surface area contributed by atoms with Crippen molar-refractivity contribution in [2.24, 2.45) is 0 Å². The second-order valence-corrected chi connectivity index (χ2v) is 4.42. The first-order valence-corrected chi connectivity index (χ1v) is 5.91. The van der Waals surface area contributed by atoms with Crippen molar-refractivity contribution in [1.82, 2.24) is 0 Å². The van der Waals surface area contributed by atoms with Crippen LogP contribution in [0.5, 0.6) is 0 Å². The molecule has 0 saturated carbocycles. The van der Waals surface area contributed by atoms with Crippen molar-refractivity contribution in [3.63, 3.8) is 0 Å². The monoisotopic (exact) mass is 269 g/mol. The maximum atomic E-state index is 11.8. The number of carbonyl (C=O) groups is 2. The molecule has 5 nitrogen and oxygen atoms in total. The maximum Gasteiger partial charge on any atom is 0.337 e. The van der Waals surface area contributed by atoms with Gasteiger partial charge >= 0.3 is 5.97 Å². The van der Waals surface area contributed by atoms with Crippen LogP contribution in [0.15, 0.2) is 18.2 Å². The van der Waals surface area contributed by atoms with Crippen molar-refractivity contribution in [2.45, 2.75) is 18.9 Å². The number of anilines is 1. The number of hydrogen-bond donors (Lipinski definition) is 2. The van der Waals surface area contributed by atoms with Crippen LogP contribution in [0.1, 0.15) is 23.2 Å². The number of amides is 1. The average Bonchev–Trinajstić information content (AvgIpc) is 2.81. The zero-order valence-electron chi connectivity index (χ0n) is 9.48. The van der Waals surface area contributed by atoms with E-state index in [9.17, 15) is 9.59 Å². The van der Waals surface area contributed by atoms with Crippen LogP contribution in [0, 0.1) is 0 Å². The standard InChI is InChI=1S/C12H12ClNO4/c13-7-3-4-8(12(16)17)9(6-7)14-11(15)10-2-1-5-18-10/h3-4,6,10H,1-2,5H2,(H,14,15)(H,16,17)/t10-/m0/s1. The van der Waals surface area contributed by atoms with Gasteiger partial charge in [0.2, 0.25) is 0 Å². The van der Waals surface area contributed by atoms with Crippen molar-refractivity contribution in [3.8, 4) is 0 Å². The molecular formula is C12H12ClNO4. The molecule has 2 N–H and O–H groups in total. The minimum absolute atomic E-state index is 0.00532. The number of halogens is 1. The number of ether oxygens (including phenoxy) is 1. The molecule has 1 heterocycles. The Bertz CT molecular complexity index is 483. The van der Waals surface area contributed by atoms with Gasteiger partial charge in [-0.3, -0.25) is 4.79 Å². The molecule has 1 saturated heterocycles. The zero-order valence-corrected chi connectivity index (χ0v) is 10.2. The first-order chi connectivity index (χ1) is 8.58. The van der Waals surface area contributed by atoms with Crippen LogP contribution in [0.4, 0.5) is 5.69 Å². The van der Waals surface area contributed by atoms with Gasteiger partial charge < -0.3 is 15.2 Å². The quantitative estimate of drug-likeness (QED) is 0.882. The molecule has 1 amide bonds. The molecule has 0 radical (unpaired) electrons. The fourth-order valence-corrected chi connectivity index (χ4v) is 1.98. The topological polar surface area (TPSA) is 75.6 Å². The molecule has 6 heteroatoms. The van der Waals surface area contributed by atoms with Crippen molar-refractivity contribution >= 4 is 29.2 Å². The van der Waals surface area contributed by atoms with E-state index in [4.69, 9.17) is 21.4 Å². The summed E-state index contributed by atoms with van der Waals surface area (Å²) in [4.78, 5) is 22.8. The van der Waals surface area contributed by atoms with Crippen LogP contribution >= 0.6 is 11.6 Å². The molecular weight excluding hydrogens is 258 g/mol. The molecule has 0 aromatic heterocycles. The predicted octanol–water partition coefficient (Wildman–Crippen LogP) is 2.16. The van der Waals surface area contributed by atoms with Crippen LogP contribution in [-0.2, 0) is 9.53 Å². The predicted molar refractivity (Wildman–Crippen MR) is 66.0 cm³/mol. The number of aromatic carboxylic acids is 1. The average molecular weight is 270 g/mol. The molecule has 1 aromatic rings. The highest BCUT2D eigenvalue weighted by atomic mass is 35.5. The molecule has 0 spiro atoms. The van der Waals surface area contributed by atoms with Gasteiger partial charge in [-0.05, 0) is 31.0 Å². The zero-order chi connectivity index (χ0) is 13.1. The van der Waals surface area contributed by atoms with E-state index >= 15 is 0 Å². The summed E-state index contributed by atoms with van der Waals surface area (Å²) in [6.07, 6.45) is 0.972. The van der Waals surface area contributed by atoms with E-state index in [2.05, 4.69) is 5.32 Å². The summed E-state index contributed by atoms with van der Waals surface area (Å²) >= 11 is 5.79. The summed E-state index contributed by atoms with van der Waals surface area (Å²) in [5.41, 5.74) is 0.196. The van der Waals surface area contributed by atoms with E-state index < -0.39 is 12.1 Å². The Balaban J connectivity index is 2.19. The number of carboxylic acids is 1. The fraction of sp³-hybridized carbons (Fsp3) is 0.333. The molecule has 1 aromatic carbocycles. The first kappa shape index (κ1) is 12.9. The van der Waals surface area contributed by atoms with Crippen LogP contribution < -0.4 is 5.32 Å². The third-order valence-corrected chi connectivity index (χ3v) is 2.93. The van der Waals surface area contributed by atoms with Crippen LogP contribution in [-0.4, -0.2) is 29.7 Å². The molecule has 1 fully saturated rings. The summed E-state index contributed by atoms with van der Waals surface area (Å²) in [6, 6.07) is 4.24. The Kier molecular flexibility index (Phi) is 3.84. The highest BCUT2D eigenvalue weighted by molar-refractivity contribution is 6.31. The van der Waals surface area contributed by atoms with Crippen LogP contribution in [0.2, 0.25) is 5.02 Å². The maximum absolute atomic E-state index is 11.8. The van der Waals surface area contributed by atoms with Crippen molar-refractivity contribution < 1.29 is 19.4 Å². The third-order valence-electron chi connectivity index (χ3n) is 2.69. The van der Waals surface area contributed by atoms with E-state index in [1.807, 2.05) is 0 Å². The van der Waals surface area contributed by atoms with E-state index in [1.54, 1.807) is 0 Å². The van der Waals surface area contributed by atoms with Gasteiger partial charge in [0.05, 0.1) is 11.3 Å². The lowest BCUT2D eigenvalue weighted by Crippen LogP contribution is -2.27. The van der Waals surface area contributed by atoms with Crippen molar-refractivity contribution in [2.75, 3.05) is 11.9 Å². The lowest BCUT2D eigenvalue weighted by atomic mass is 10.1. The Hall–Kier alpha value is -1.59. The van der Waals surface area contributed by atoms with Gasteiger partial charge in [-0.2, -0.15) is 0 Å². The summed E-state index contributed by atoms with van der Waals surface area (Å²) in [7, 11) is 0. The Morgan fingerprint density at radius 3 is 2.83 bits per heavy atom. The van der Waals surface area contributed by atoms with Gasteiger partial charge in [0, 0.05) is 11.6 Å². The third kappa shape index (κ3) is 2.80. The molecule has 18 heavy (non-hydrogen) atoms. The molecule has 0 aliphatic carbocycles. The van der Waals surface area contributed by atoms with Crippen molar-refractivity contribution in [1.29, 1.82) is 0 Å². The molecule has 1 atom stereocenters. The summed E-state index contributed by atoms with van der Waals surface area (Å²) < 4.78 is 5.23. The lowest BCUT2D eigenvalue weighted by molar-refractivity contribution is -0.124. The fourth-order valence-electron chi connectivity index (χ4n) is 1.80. The molecule has 1 aliphatic heterocycles. The SMILES string of the molecule is O=C(O)c1ccc(Cl)cc1NC(=O)[C@@H]1CCCO1. The minimum atomic E-state index is -1.12. The largest absolute Gasteiger partial charge is 0.478 e. The number of carboxylic acid groups (broad SMARTS) is 1. The van der Waals surface area contributed by atoms with E-state index in [0.717, 1.165) is 6.42 Å². The van der Waals surface area contributed by atoms with Gasteiger partial charge in [0.15, 0.2) is 0 Å².